The topological polar surface area (TPSA) is 27.3 Å². The van der Waals surface area contributed by atoms with Crippen molar-refractivity contribution in [3.63, 3.8) is 0 Å². The van der Waals surface area contributed by atoms with Gasteiger partial charge in [-0.25, -0.2) is 0 Å². The normalized spacial score (nSPS) is 10.8. The van der Waals surface area contributed by atoms with E-state index in [4.69, 9.17) is 12.2 Å². The highest BCUT2D eigenvalue weighted by Gasteiger charge is 2.06. The SMILES string of the molecule is CC(C)c1ccccc1NC(=S)NCCN(C)C. The summed E-state index contributed by atoms with van der Waals surface area (Å²) in [5.41, 5.74) is 2.38. The van der Waals surface area contributed by atoms with Crippen LogP contribution in [0.3, 0.4) is 0 Å². The lowest BCUT2D eigenvalue weighted by Crippen LogP contribution is -2.34. The minimum absolute atomic E-state index is 0.485. The number of hydrogen-bond donors (Lipinski definition) is 2. The molecule has 1 rings (SSSR count). The number of anilines is 1. The van der Waals surface area contributed by atoms with Crippen LogP contribution in [0.2, 0.25) is 0 Å². The minimum Gasteiger partial charge on any atom is -0.361 e. The summed E-state index contributed by atoms with van der Waals surface area (Å²) in [7, 11) is 4.10. The van der Waals surface area contributed by atoms with Crippen molar-refractivity contribution in [2.24, 2.45) is 0 Å². The van der Waals surface area contributed by atoms with Gasteiger partial charge in [0.15, 0.2) is 5.11 Å². The van der Waals surface area contributed by atoms with Crippen LogP contribution in [-0.2, 0) is 0 Å². The third-order valence-corrected chi connectivity index (χ3v) is 2.92. The zero-order valence-corrected chi connectivity index (χ0v) is 12.5. The van der Waals surface area contributed by atoms with E-state index in [0.717, 1.165) is 18.8 Å². The molecule has 0 aliphatic rings. The number of benzene rings is 1. The van der Waals surface area contributed by atoms with Crippen molar-refractivity contribution in [2.45, 2.75) is 19.8 Å². The zero-order valence-electron chi connectivity index (χ0n) is 11.7. The third kappa shape index (κ3) is 5.02. The van der Waals surface area contributed by atoms with Gasteiger partial charge < -0.3 is 15.5 Å². The molecule has 4 heteroatoms. The molecule has 0 fully saturated rings. The predicted molar refractivity (Wildman–Crippen MR) is 83.3 cm³/mol. The first kappa shape index (κ1) is 14.9. The van der Waals surface area contributed by atoms with Gasteiger partial charge in [-0.1, -0.05) is 32.0 Å². The van der Waals surface area contributed by atoms with Crippen molar-refractivity contribution in [3.05, 3.63) is 29.8 Å². The van der Waals surface area contributed by atoms with Crippen LogP contribution in [-0.4, -0.2) is 37.2 Å². The van der Waals surface area contributed by atoms with Gasteiger partial charge in [0.1, 0.15) is 0 Å². The molecule has 18 heavy (non-hydrogen) atoms. The fourth-order valence-electron chi connectivity index (χ4n) is 1.67. The van der Waals surface area contributed by atoms with Crippen molar-refractivity contribution in [3.8, 4) is 0 Å². The maximum Gasteiger partial charge on any atom is 0.170 e. The van der Waals surface area contributed by atoms with E-state index in [1.807, 2.05) is 20.2 Å². The van der Waals surface area contributed by atoms with Gasteiger partial charge >= 0.3 is 0 Å². The molecule has 1 aromatic rings. The van der Waals surface area contributed by atoms with Crippen molar-refractivity contribution in [2.75, 3.05) is 32.5 Å². The molecule has 0 atom stereocenters. The highest BCUT2D eigenvalue weighted by molar-refractivity contribution is 7.80. The van der Waals surface area contributed by atoms with Crippen molar-refractivity contribution in [1.82, 2.24) is 10.2 Å². The number of para-hydroxylation sites is 1. The number of nitrogens with zero attached hydrogens (tertiary/aromatic N) is 1. The largest absolute Gasteiger partial charge is 0.361 e. The molecular formula is C14H23N3S. The molecule has 0 bridgehead atoms. The van der Waals surface area contributed by atoms with Gasteiger partial charge in [-0.2, -0.15) is 0 Å². The first-order chi connectivity index (χ1) is 8.50. The molecule has 0 aliphatic heterocycles. The first-order valence-corrected chi connectivity index (χ1v) is 6.70. The Bertz CT molecular complexity index is 388. The highest BCUT2D eigenvalue weighted by Crippen LogP contribution is 2.23. The van der Waals surface area contributed by atoms with Crippen LogP contribution >= 0.6 is 12.2 Å². The lowest BCUT2D eigenvalue weighted by molar-refractivity contribution is 0.413. The summed E-state index contributed by atoms with van der Waals surface area (Å²) in [5, 5.41) is 7.16. The molecule has 100 valence electrons. The molecular weight excluding hydrogens is 242 g/mol. The van der Waals surface area contributed by atoms with E-state index >= 15 is 0 Å². The van der Waals surface area contributed by atoms with Crippen LogP contribution < -0.4 is 10.6 Å². The molecule has 3 nitrogen and oxygen atoms in total. The van der Waals surface area contributed by atoms with Crippen LogP contribution in [0.4, 0.5) is 5.69 Å². The molecule has 1 aromatic carbocycles. The maximum absolute atomic E-state index is 5.29. The Labute approximate surface area is 116 Å². The molecule has 0 aliphatic carbocycles. The van der Waals surface area contributed by atoms with E-state index in [0.29, 0.717) is 11.0 Å². The van der Waals surface area contributed by atoms with Gasteiger partial charge in [0, 0.05) is 18.8 Å². The number of rotatable bonds is 5. The van der Waals surface area contributed by atoms with Crippen LogP contribution in [0.15, 0.2) is 24.3 Å². The van der Waals surface area contributed by atoms with Gasteiger partial charge in [-0.3, -0.25) is 0 Å². The summed E-state index contributed by atoms with van der Waals surface area (Å²) < 4.78 is 0. The van der Waals surface area contributed by atoms with Crippen LogP contribution in [0.25, 0.3) is 0 Å². The Hall–Kier alpha value is -1.13. The molecule has 2 N–H and O–H groups in total. The lowest BCUT2D eigenvalue weighted by atomic mass is 10.0. The molecule has 0 spiro atoms. The predicted octanol–water partition coefficient (Wildman–Crippen LogP) is 2.66. The van der Waals surface area contributed by atoms with E-state index < -0.39 is 0 Å². The summed E-state index contributed by atoms with van der Waals surface area (Å²) in [5.74, 6) is 0.485. The number of thiocarbonyl (C=S) groups is 1. The first-order valence-electron chi connectivity index (χ1n) is 6.29. The van der Waals surface area contributed by atoms with Crippen LogP contribution in [0.5, 0.6) is 0 Å². The average molecular weight is 265 g/mol. The van der Waals surface area contributed by atoms with Gasteiger partial charge in [0.25, 0.3) is 0 Å². The average Bonchev–Trinajstić information content (AvgIpc) is 2.28. The monoisotopic (exact) mass is 265 g/mol. The summed E-state index contributed by atoms with van der Waals surface area (Å²) in [6.45, 7) is 6.18. The van der Waals surface area contributed by atoms with Crippen molar-refractivity contribution in [1.29, 1.82) is 0 Å². The Balaban J connectivity index is 2.54. The van der Waals surface area contributed by atoms with E-state index in [1.54, 1.807) is 0 Å². The summed E-state index contributed by atoms with van der Waals surface area (Å²) >= 11 is 5.29. The molecule has 0 aromatic heterocycles. The van der Waals surface area contributed by atoms with Crippen molar-refractivity contribution < 1.29 is 0 Å². The summed E-state index contributed by atoms with van der Waals surface area (Å²) in [6.07, 6.45) is 0. The Kier molecular flexibility index (Phi) is 6.09. The number of nitrogens with one attached hydrogen (secondary N) is 2. The Morgan fingerprint density at radius 3 is 2.56 bits per heavy atom. The van der Waals surface area contributed by atoms with Gasteiger partial charge in [-0.05, 0) is 43.9 Å². The van der Waals surface area contributed by atoms with Crippen LogP contribution in [0.1, 0.15) is 25.3 Å². The highest BCUT2D eigenvalue weighted by atomic mass is 32.1. The second-order valence-electron chi connectivity index (χ2n) is 4.93. The molecule has 0 unspecified atom stereocenters. The smallest absolute Gasteiger partial charge is 0.170 e. The number of likely N-dealkylation sites (N-methyl/N-ethyl adjacent to an activating group) is 1. The standard InChI is InChI=1S/C14H23N3S/c1-11(2)12-7-5-6-8-13(12)16-14(18)15-9-10-17(3)4/h5-8,11H,9-10H2,1-4H3,(H2,15,16,18). The third-order valence-electron chi connectivity index (χ3n) is 2.68. The maximum atomic E-state index is 5.29. The fraction of sp³-hybridized carbons (Fsp3) is 0.500. The molecule has 0 amide bonds. The minimum atomic E-state index is 0.485. The fourth-order valence-corrected chi connectivity index (χ4v) is 1.89. The molecule has 0 saturated carbocycles. The van der Waals surface area contributed by atoms with E-state index in [9.17, 15) is 0 Å². The van der Waals surface area contributed by atoms with Gasteiger partial charge in [0.05, 0.1) is 0 Å². The van der Waals surface area contributed by atoms with Crippen LogP contribution in [0, 0.1) is 0 Å². The zero-order chi connectivity index (χ0) is 13.5. The molecule has 0 saturated heterocycles. The second-order valence-corrected chi connectivity index (χ2v) is 5.33. The second kappa shape index (κ2) is 7.34. The lowest BCUT2D eigenvalue weighted by Gasteiger charge is -2.17. The summed E-state index contributed by atoms with van der Waals surface area (Å²) in [4.78, 5) is 2.12. The Morgan fingerprint density at radius 1 is 1.28 bits per heavy atom. The van der Waals surface area contributed by atoms with E-state index in [2.05, 4.69) is 47.6 Å². The van der Waals surface area contributed by atoms with E-state index in [1.165, 1.54) is 5.56 Å². The molecule has 0 radical (unpaired) electrons. The quantitative estimate of drug-likeness (QED) is 0.801. The van der Waals surface area contributed by atoms with E-state index in [-0.39, 0.29) is 0 Å². The molecule has 0 heterocycles. The van der Waals surface area contributed by atoms with Gasteiger partial charge in [-0.15, -0.1) is 0 Å². The summed E-state index contributed by atoms with van der Waals surface area (Å²) in [6, 6.07) is 8.28. The van der Waals surface area contributed by atoms with Gasteiger partial charge in [0.2, 0.25) is 0 Å². The van der Waals surface area contributed by atoms with Crippen molar-refractivity contribution >= 4 is 23.0 Å². The Morgan fingerprint density at radius 2 is 1.94 bits per heavy atom. The number of hydrogen-bond acceptors (Lipinski definition) is 2.